The maximum absolute atomic E-state index is 12.9. The Morgan fingerprint density at radius 1 is 0.259 bits per heavy atom. The Balaban J connectivity index is 4.68. The first-order chi connectivity index (χ1) is 40.0. The minimum absolute atomic E-state index is 0.0938. The number of esters is 3. The minimum Gasteiger partial charge on any atom is -0.462 e. The lowest BCUT2D eigenvalue weighted by molar-refractivity contribution is -0.166. The van der Waals surface area contributed by atoms with Crippen molar-refractivity contribution < 1.29 is 28.6 Å². The van der Waals surface area contributed by atoms with E-state index in [2.05, 4.69) is 240 Å². The van der Waals surface area contributed by atoms with Crippen LogP contribution in [0.4, 0.5) is 0 Å². The molecule has 0 aliphatic carbocycles. The van der Waals surface area contributed by atoms with Gasteiger partial charge in [-0.1, -0.05) is 258 Å². The summed E-state index contributed by atoms with van der Waals surface area (Å²) in [5.74, 6) is -1.21. The number of rotatable bonds is 52. The molecule has 1 unspecified atom stereocenters. The second-order valence-electron chi connectivity index (χ2n) is 19.1. The summed E-state index contributed by atoms with van der Waals surface area (Å²) in [5.41, 5.74) is 0. The van der Waals surface area contributed by atoms with Crippen LogP contribution in [-0.2, 0) is 28.6 Å². The predicted molar refractivity (Wildman–Crippen MR) is 352 cm³/mol. The zero-order valence-electron chi connectivity index (χ0n) is 50.7. The number of hydrogen-bond acceptors (Lipinski definition) is 6. The fraction of sp³-hybridized carbons (Fsp3) is 0.453. The number of hydrogen-bond donors (Lipinski definition) is 0. The zero-order chi connectivity index (χ0) is 58.5. The van der Waals surface area contributed by atoms with Gasteiger partial charge >= 0.3 is 17.9 Å². The molecule has 0 N–H and O–H groups in total. The molecule has 0 radical (unpaired) electrons. The van der Waals surface area contributed by atoms with Crippen LogP contribution in [0.15, 0.2) is 231 Å². The second kappa shape index (κ2) is 66.0. The molecule has 0 heterocycles. The maximum atomic E-state index is 12.9. The average Bonchev–Trinajstić information content (AvgIpc) is 3.47. The van der Waals surface area contributed by atoms with E-state index in [0.717, 1.165) is 141 Å². The van der Waals surface area contributed by atoms with Crippen LogP contribution < -0.4 is 0 Å². The van der Waals surface area contributed by atoms with Crippen LogP contribution in [0.1, 0.15) is 201 Å². The van der Waals surface area contributed by atoms with Crippen molar-refractivity contribution in [2.45, 2.75) is 207 Å². The lowest BCUT2D eigenvalue weighted by Crippen LogP contribution is -2.30. The minimum atomic E-state index is -0.881. The van der Waals surface area contributed by atoms with Gasteiger partial charge in [-0.15, -0.1) is 0 Å². The molecule has 444 valence electrons. The van der Waals surface area contributed by atoms with Gasteiger partial charge in [-0.2, -0.15) is 0 Å². The molecular formula is C75H108O6. The Bertz CT molecular complexity index is 2090. The van der Waals surface area contributed by atoms with Crippen LogP contribution >= 0.6 is 0 Å². The zero-order valence-corrected chi connectivity index (χ0v) is 50.7. The van der Waals surface area contributed by atoms with Gasteiger partial charge in [-0.3, -0.25) is 14.4 Å². The standard InChI is InChI=1S/C75H108O6/c1-4-7-10-13-16-19-22-25-28-30-32-34-36-37-39-40-42-44-47-50-53-56-59-62-65-68-74(77)80-71-72(70-79-73(76)67-64-61-58-55-52-49-46-27-24-21-18-15-12-9-6-3)81-75(78)69-66-63-60-57-54-51-48-45-43-41-38-35-33-31-29-26-23-20-17-14-11-8-5-2/h7-12,16-21,25-29,32-35,37,39,41-44,46,48,50-53,55,57,60-61,64,72H,4-6,13-15,22-24,30-31,36,38,40,45,47,49,54,56,58-59,62-63,65-71H2,1-3H3/b10-7-,11-8-,12-9-,19-16-,20-17-,21-18-,28-25-,29-26-,34-32-,35-33-,39-37-,43-41-,44-42-,46-27-,51-48-,53-50-,55-52-,60-57-,64-61-. The maximum Gasteiger partial charge on any atom is 0.309 e. The van der Waals surface area contributed by atoms with E-state index in [0.29, 0.717) is 19.3 Å². The van der Waals surface area contributed by atoms with Crippen molar-refractivity contribution >= 4 is 17.9 Å². The van der Waals surface area contributed by atoms with E-state index < -0.39 is 18.0 Å². The van der Waals surface area contributed by atoms with Crippen LogP contribution in [0.25, 0.3) is 0 Å². The second-order valence-corrected chi connectivity index (χ2v) is 19.1. The third kappa shape index (κ3) is 64.2. The summed E-state index contributed by atoms with van der Waals surface area (Å²) in [6.45, 7) is 6.10. The van der Waals surface area contributed by atoms with E-state index in [4.69, 9.17) is 14.2 Å². The van der Waals surface area contributed by atoms with Gasteiger partial charge in [0.15, 0.2) is 6.10 Å². The van der Waals surface area contributed by atoms with E-state index >= 15 is 0 Å². The lowest BCUT2D eigenvalue weighted by atomic mass is 10.1. The third-order valence-corrected chi connectivity index (χ3v) is 11.7. The van der Waals surface area contributed by atoms with E-state index in [1.165, 1.54) is 0 Å². The Hall–Kier alpha value is -6.53. The Kier molecular flexibility index (Phi) is 60.7. The quantitative estimate of drug-likeness (QED) is 0.0261. The molecule has 0 bridgehead atoms. The molecule has 0 fully saturated rings. The predicted octanol–water partition coefficient (Wildman–Crippen LogP) is 21.5. The fourth-order valence-corrected chi connectivity index (χ4v) is 7.19. The molecule has 0 saturated heterocycles. The van der Waals surface area contributed by atoms with Gasteiger partial charge in [-0.05, 0) is 154 Å². The SMILES string of the molecule is CC/C=C\C/C=C\C/C=C\C/C=C\C/C=C\C/C=C\C/C=C\CCCCCC(=O)OCC(COC(=O)C/C=C\C/C=C\C/C=C\C/C=C\C/C=C\CC)OC(=O)CCC/C=C\C/C=C\C/C=C\C/C=C\C/C=C\C/C=C\C/C=C\CC. The molecule has 0 aromatic carbocycles. The van der Waals surface area contributed by atoms with Crippen LogP contribution in [0.5, 0.6) is 0 Å². The Labute approximate surface area is 494 Å². The van der Waals surface area contributed by atoms with Crippen molar-refractivity contribution in [3.05, 3.63) is 231 Å². The molecule has 0 saturated carbocycles. The van der Waals surface area contributed by atoms with E-state index in [1.54, 1.807) is 6.08 Å². The molecule has 1 atom stereocenters. The van der Waals surface area contributed by atoms with Gasteiger partial charge in [0, 0.05) is 12.8 Å². The summed E-state index contributed by atoms with van der Waals surface area (Å²) in [7, 11) is 0. The first kappa shape index (κ1) is 74.5. The van der Waals surface area contributed by atoms with Gasteiger partial charge in [0.25, 0.3) is 0 Å². The summed E-state index contributed by atoms with van der Waals surface area (Å²) in [6, 6.07) is 0. The molecule has 0 aliphatic rings. The Morgan fingerprint density at radius 2 is 0.506 bits per heavy atom. The monoisotopic (exact) mass is 1100 g/mol. The molecule has 6 heteroatoms. The van der Waals surface area contributed by atoms with Crippen molar-refractivity contribution in [2.75, 3.05) is 13.2 Å². The van der Waals surface area contributed by atoms with Gasteiger partial charge < -0.3 is 14.2 Å². The summed E-state index contributed by atoms with van der Waals surface area (Å²) in [6.07, 6.45) is 105. The first-order valence-electron chi connectivity index (χ1n) is 30.9. The summed E-state index contributed by atoms with van der Waals surface area (Å²) in [5, 5.41) is 0. The molecular weight excluding hydrogens is 997 g/mol. The highest BCUT2D eigenvalue weighted by atomic mass is 16.6. The number of ether oxygens (including phenoxy) is 3. The number of carbonyl (C=O) groups is 3. The molecule has 0 rings (SSSR count). The van der Waals surface area contributed by atoms with Gasteiger partial charge in [0.2, 0.25) is 0 Å². The lowest BCUT2D eigenvalue weighted by Gasteiger charge is -2.18. The van der Waals surface area contributed by atoms with Crippen LogP contribution in [0.3, 0.4) is 0 Å². The third-order valence-electron chi connectivity index (χ3n) is 11.7. The van der Waals surface area contributed by atoms with Crippen LogP contribution in [0, 0.1) is 0 Å². The van der Waals surface area contributed by atoms with Crippen molar-refractivity contribution in [3.8, 4) is 0 Å². The first-order valence-corrected chi connectivity index (χ1v) is 30.9. The smallest absolute Gasteiger partial charge is 0.309 e. The van der Waals surface area contributed by atoms with E-state index in [9.17, 15) is 14.4 Å². The van der Waals surface area contributed by atoms with Gasteiger partial charge in [0.1, 0.15) is 13.2 Å². The van der Waals surface area contributed by atoms with Gasteiger partial charge in [0.05, 0.1) is 6.42 Å². The van der Waals surface area contributed by atoms with E-state index in [-0.39, 0.29) is 38.4 Å². The van der Waals surface area contributed by atoms with Crippen molar-refractivity contribution in [3.63, 3.8) is 0 Å². The van der Waals surface area contributed by atoms with Crippen molar-refractivity contribution in [1.82, 2.24) is 0 Å². The molecule has 0 spiro atoms. The highest BCUT2D eigenvalue weighted by Gasteiger charge is 2.19. The number of carbonyl (C=O) groups excluding carboxylic acids is 3. The molecule has 81 heavy (non-hydrogen) atoms. The topological polar surface area (TPSA) is 78.9 Å². The average molecular weight is 1110 g/mol. The Morgan fingerprint density at radius 3 is 0.815 bits per heavy atom. The fourth-order valence-electron chi connectivity index (χ4n) is 7.19. The van der Waals surface area contributed by atoms with Gasteiger partial charge in [-0.25, -0.2) is 0 Å². The molecule has 0 aliphatic heterocycles. The van der Waals surface area contributed by atoms with E-state index in [1.807, 2.05) is 6.08 Å². The summed E-state index contributed by atoms with van der Waals surface area (Å²) >= 11 is 0. The normalized spacial score (nSPS) is 13.8. The highest BCUT2D eigenvalue weighted by molar-refractivity contribution is 5.72. The van der Waals surface area contributed by atoms with Crippen molar-refractivity contribution in [2.24, 2.45) is 0 Å². The summed E-state index contributed by atoms with van der Waals surface area (Å²) < 4.78 is 16.7. The van der Waals surface area contributed by atoms with Crippen molar-refractivity contribution in [1.29, 1.82) is 0 Å². The van der Waals surface area contributed by atoms with Crippen LogP contribution in [0.2, 0.25) is 0 Å². The number of allylic oxidation sites excluding steroid dienone is 37. The highest BCUT2D eigenvalue weighted by Crippen LogP contribution is 2.09. The van der Waals surface area contributed by atoms with Crippen LogP contribution in [-0.4, -0.2) is 37.2 Å². The molecule has 0 aromatic heterocycles. The molecule has 0 amide bonds. The largest absolute Gasteiger partial charge is 0.462 e. The summed E-state index contributed by atoms with van der Waals surface area (Å²) in [4.78, 5) is 38.2. The number of unbranched alkanes of at least 4 members (excludes halogenated alkanes) is 4. The molecule has 6 nitrogen and oxygen atoms in total. The molecule has 0 aromatic rings.